The van der Waals surface area contributed by atoms with E-state index >= 15 is 0 Å². The van der Waals surface area contributed by atoms with Crippen molar-refractivity contribution in [3.63, 3.8) is 0 Å². The number of benzene rings is 2. The molecule has 19 heavy (non-hydrogen) atoms. The van der Waals surface area contributed by atoms with Gasteiger partial charge < -0.3 is 4.98 Å². The fourth-order valence-corrected chi connectivity index (χ4v) is 2.07. The van der Waals surface area contributed by atoms with Gasteiger partial charge in [0, 0.05) is 22.7 Å². The fraction of sp³-hybridized carbons (Fsp3) is 0. The first-order valence-electron chi connectivity index (χ1n) is 5.53. The van der Waals surface area contributed by atoms with Crippen LogP contribution in [0.2, 0.25) is 5.02 Å². The Morgan fingerprint density at radius 2 is 2.05 bits per heavy atom. The molecule has 0 aliphatic heterocycles. The lowest BCUT2D eigenvalue weighted by atomic mass is 10.2. The highest BCUT2D eigenvalue weighted by atomic mass is 35.5. The van der Waals surface area contributed by atoms with Gasteiger partial charge in [0.1, 0.15) is 5.82 Å². The predicted octanol–water partition coefficient (Wildman–Crippen LogP) is 3.79. The topological polar surface area (TPSA) is 71.8 Å². The van der Waals surface area contributed by atoms with E-state index in [4.69, 9.17) is 11.6 Å². The zero-order chi connectivity index (χ0) is 13.4. The summed E-state index contributed by atoms with van der Waals surface area (Å²) in [4.78, 5) is 17.7. The maximum absolute atomic E-state index is 10.7. The first kappa shape index (κ1) is 11.7. The second-order valence-electron chi connectivity index (χ2n) is 4.05. The quantitative estimate of drug-likeness (QED) is 0.570. The molecule has 6 heteroatoms. The van der Waals surface area contributed by atoms with Crippen LogP contribution in [0.1, 0.15) is 0 Å². The Bertz CT molecular complexity index is 782. The van der Waals surface area contributed by atoms with Crippen LogP contribution in [0.15, 0.2) is 42.5 Å². The van der Waals surface area contributed by atoms with E-state index in [0.29, 0.717) is 21.9 Å². The highest BCUT2D eigenvalue weighted by Gasteiger charge is 2.10. The Balaban J connectivity index is 2.14. The van der Waals surface area contributed by atoms with Gasteiger partial charge in [-0.25, -0.2) is 4.98 Å². The fourth-order valence-electron chi connectivity index (χ4n) is 1.88. The number of nitro benzene ring substituents is 1. The Hall–Kier alpha value is -2.40. The molecule has 5 nitrogen and oxygen atoms in total. The van der Waals surface area contributed by atoms with Gasteiger partial charge in [0.05, 0.1) is 16.0 Å². The molecule has 0 spiro atoms. The number of hydrogen-bond donors (Lipinski definition) is 1. The number of hydrogen-bond acceptors (Lipinski definition) is 3. The summed E-state index contributed by atoms with van der Waals surface area (Å²) in [6.07, 6.45) is 0. The number of nitro groups is 1. The van der Waals surface area contributed by atoms with Crippen LogP contribution in [0.5, 0.6) is 0 Å². The van der Waals surface area contributed by atoms with Crippen molar-refractivity contribution < 1.29 is 4.92 Å². The van der Waals surface area contributed by atoms with Gasteiger partial charge in [-0.2, -0.15) is 0 Å². The van der Waals surface area contributed by atoms with Crippen molar-refractivity contribution in [3.05, 3.63) is 57.6 Å². The second kappa shape index (κ2) is 4.37. The summed E-state index contributed by atoms with van der Waals surface area (Å²) in [5.74, 6) is 0.637. The van der Waals surface area contributed by atoms with Crippen LogP contribution in [0, 0.1) is 10.1 Å². The lowest BCUT2D eigenvalue weighted by Crippen LogP contribution is -1.86. The molecule has 0 unspecified atom stereocenters. The number of fused-ring (bicyclic) bond motifs is 1. The Kier molecular flexibility index (Phi) is 2.68. The third-order valence-electron chi connectivity index (χ3n) is 2.77. The van der Waals surface area contributed by atoms with E-state index in [1.165, 1.54) is 12.1 Å². The minimum Gasteiger partial charge on any atom is -0.338 e. The van der Waals surface area contributed by atoms with Gasteiger partial charge in [0.2, 0.25) is 0 Å². The molecule has 3 rings (SSSR count). The lowest BCUT2D eigenvalue weighted by molar-refractivity contribution is -0.384. The lowest BCUT2D eigenvalue weighted by Gasteiger charge is -1.96. The van der Waals surface area contributed by atoms with Crippen molar-refractivity contribution in [1.82, 2.24) is 9.97 Å². The average molecular weight is 274 g/mol. The first-order valence-corrected chi connectivity index (χ1v) is 5.91. The third kappa shape index (κ3) is 2.15. The molecular formula is C13H8ClN3O2. The number of halogens is 1. The molecule has 0 amide bonds. The van der Waals surface area contributed by atoms with Crippen LogP contribution in [0.4, 0.5) is 5.69 Å². The van der Waals surface area contributed by atoms with Crippen LogP contribution in [0.25, 0.3) is 22.4 Å². The Labute approximate surface area is 113 Å². The number of nitrogens with zero attached hydrogens (tertiary/aromatic N) is 2. The number of aromatic nitrogens is 2. The summed E-state index contributed by atoms with van der Waals surface area (Å²) < 4.78 is 0. The molecule has 3 aromatic rings. The molecule has 0 aliphatic carbocycles. The molecule has 0 fully saturated rings. The van der Waals surface area contributed by atoms with Crippen molar-refractivity contribution in [3.8, 4) is 11.4 Å². The van der Waals surface area contributed by atoms with E-state index in [0.717, 1.165) is 5.56 Å². The van der Waals surface area contributed by atoms with Gasteiger partial charge in [-0.05, 0) is 18.2 Å². The first-order chi connectivity index (χ1) is 9.13. The van der Waals surface area contributed by atoms with E-state index in [2.05, 4.69) is 9.97 Å². The zero-order valence-electron chi connectivity index (χ0n) is 9.63. The molecule has 0 saturated heterocycles. The van der Waals surface area contributed by atoms with Gasteiger partial charge in [-0.15, -0.1) is 0 Å². The van der Waals surface area contributed by atoms with E-state index in [1.54, 1.807) is 18.2 Å². The SMILES string of the molecule is O=[N+]([O-])c1ccc2nc(-c3cccc(Cl)c3)[nH]c2c1. The minimum absolute atomic E-state index is 0.0359. The van der Waals surface area contributed by atoms with Gasteiger partial charge in [-0.3, -0.25) is 10.1 Å². The summed E-state index contributed by atoms with van der Waals surface area (Å²) in [7, 11) is 0. The number of H-pyrrole nitrogens is 1. The number of rotatable bonds is 2. The van der Waals surface area contributed by atoms with E-state index in [1.807, 2.05) is 12.1 Å². The highest BCUT2D eigenvalue weighted by molar-refractivity contribution is 6.30. The molecule has 0 atom stereocenters. The standard InChI is InChI=1S/C13H8ClN3O2/c14-9-3-1-2-8(6-9)13-15-11-5-4-10(17(18)19)7-12(11)16-13/h1-7H,(H,15,16). The van der Waals surface area contributed by atoms with Crippen molar-refractivity contribution in [1.29, 1.82) is 0 Å². The molecular weight excluding hydrogens is 266 g/mol. The number of aromatic amines is 1. The molecule has 94 valence electrons. The molecule has 0 saturated carbocycles. The summed E-state index contributed by atoms with van der Waals surface area (Å²) >= 11 is 5.93. The highest BCUT2D eigenvalue weighted by Crippen LogP contribution is 2.25. The van der Waals surface area contributed by atoms with Crippen LogP contribution in [-0.4, -0.2) is 14.9 Å². The molecule has 1 heterocycles. The van der Waals surface area contributed by atoms with Crippen LogP contribution in [-0.2, 0) is 0 Å². The maximum Gasteiger partial charge on any atom is 0.271 e. The normalized spacial score (nSPS) is 10.8. The van der Waals surface area contributed by atoms with E-state index in [9.17, 15) is 10.1 Å². The van der Waals surface area contributed by atoms with E-state index < -0.39 is 4.92 Å². The molecule has 0 radical (unpaired) electrons. The van der Waals surface area contributed by atoms with Gasteiger partial charge in [0.25, 0.3) is 5.69 Å². The van der Waals surface area contributed by atoms with Crippen molar-refractivity contribution in [2.24, 2.45) is 0 Å². The largest absolute Gasteiger partial charge is 0.338 e. The Morgan fingerprint density at radius 1 is 1.21 bits per heavy atom. The molecule has 0 bridgehead atoms. The summed E-state index contributed by atoms with van der Waals surface area (Å²) in [5, 5.41) is 11.3. The van der Waals surface area contributed by atoms with Crippen LogP contribution >= 0.6 is 11.6 Å². The molecule has 1 N–H and O–H groups in total. The minimum atomic E-state index is -0.431. The smallest absolute Gasteiger partial charge is 0.271 e. The summed E-state index contributed by atoms with van der Waals surface area (Å²) in [6, 6.07) is 11.8. The molecule has 2 aromatic carbocycles. The monoisotopic (exact) mass is 273 g/mol. The summed E-state index contributed by atoms with van der Waals surface area (Å²) in [5.41, 5.74) is 2.19. The zero-order valence-corrected chi connectivity index (χ0v) is 10.4. The number of imidazole rings is 1. The van der Waals surface area contributed by atoms with Crippen molar-refractivity contribution in [2.45, 2.75) is 0 Å². The average Bonchev–Trinajstić information content (AvgIpc) is 2.81. The number of non-ortho nitro benzene ring substituents is 1. The van der Waals surface area contributed by atoms with Crippen LogP contribution in [0.3, 0.4) is 0 Å². The van der Waals surface area contributed by atoms with Crippen molar-refractivity contribution >= 4 is 28.3 Å². The van der Waals surface area contributed by atoms with Gasteiger partial charge in [0.15, 0.2) is 0 Å². The predicted molar refractivity (Wildman–Crippen MR) is 73.2 cm³/mol. The number of nitrogens with one attached hydrogen (secondary N) is 1. The van der Waals surface area contributed by atoms with Crippen molar-refractivity contribution in [2.75, 3.05) is 0 Å². The van der Waals surface area contributed by atoms with Gasteiger partial charge >= 0.3 is 0 Å². The molecule has 1 aromatic heterocycles. The van der Waals surface area contributed by atoms with Gasteiger partial charge in [-0.1, -0.05) is 23.7 Å². The molecule has 0 aliphatic rings. The summed E-state index contributed by atoms with van der Waals surface area (Å²) in [6.45, 7) is 0. The Morgan fingerprint density at radius 3 is 2.79 bits per heavy atom. The third-order valence-corrected chi connectivity index (χ3v) is 3.01. The van der Waals surface area contributed by atoms with E-state index in [-0.39, 0.29) is 5.69 Å². The maximum atomic E-state index is 10.7. The van der Waals surface area contributed by atoms with Crippen LogP contribution < -0.4 is 0 Å². The second-order valence-corrected chi connectivity index (χ2v) is 4.49.